The molecule has 0 atom stereocenters. The number of methoxy groups -OCH3 is 2. The van der Waals surface area contributed by atoms with Gasteiger partial charge in [-0.05, 0) is 29.6 Å². The highest BCUT2D eigenvalue weighted by Crippen LogP contribution is 2.27. The lowest BCUT2D eigenvalue weighted by atomic mass is 10.2. The van der Waals surface area contributed by atoms with Crippen LogP contribution in [0.5, 0.6) is 11.5 Å². The number of carbonyl (C=O) groups is 2. The summed E-state index contributed by atoms with van der Waals surface area (Å²) in [4.78, 5) is 28.9. The van der Waals surface area contributed by atoms with Gasteiger partial charge in [0, 0.05) is 50.2 Å². The SMILES string of the molecule is COc1ccc(C(=O)NCCN2CCN(C(=O)c3ccsc3)CC2)cc1OC. The molecule has 0 bridgehead atoms. The van der Waals surface area contributed by atoms with E-state index < -0.39 is 0 Å². The highest BCUT2D eigenvalue weighted by Gasteiger charge is 2.22. The number of thiophene rings is 1. The van der Waals surface area contributed by atoms with Crippen LogP contribution in [-0.2, 0) is 0 Å². The van der Waals surface area contributed by atoms with Gasteiger partial charge in [-0.1, -0.05) is 0 Å². The van der Waals surface area contributed by atoms with E-state index in [9.17, 15) is 9.59 Å². The molecule has 0 radical (unpaired) electrons. The Bertz CT molecular complexity index is 802. The van der Waals surface area contributed by atoms with Crippen LogP contribution in [0.1, 0.15) is 20.7 Å². The van der Waals surface area contributed by atoms with Crippen molar-refractivity contribution < 1.29 is 19.1 Å². The summed E-state index contributed by atoms with van der Waals surface area (Å²) in [6.07, 6.45) is 0. The van der Waals surface area contributed by atoms with Gasteiger partial charge in [0.2, 0.25) is 0 Å². The summed E-state index contributed by atoms with van der Waals surface area (Å²) < 4.78 is 10.4. The second-order valence-electron chi connectivity index (χ2n) is 6.47. The van der Waals surface area contributed by atoms with E-state index in [0.29, 0.717) is 36.7 Å². The lowest BCUT2D eigenvalue weighted by Crippen LogP contribution is -2.50. The Balaban J connectivity index is 1.42. The highest BCUT2D eigenvalue weighted by molar-refractivity contribution is 7.08. The van der Waals surface area contributed by atoms with Crippen molar-refractivity contribution >= 4 is 23.2 Å². The zero-order valence-corrected chi connectivity index (χ0v) is 17.0. The van der Waals surface area contributed by atoms with Gasteiger partial charge in [0.05, 0.1) is 19.8 Å². The van der Waals surface area contributed by atoms with Gasteiger partial charge in [-0.3, -0.25) is 14.5 Å². The summed E-state index contributed by atoms with van der Waals surface area (Å²) in [7, 11) is 3.10. The quantitative estimate of drug-likeness (QED) is 0.765. The summed E-state index contributed by atoms with van der Waals surface area (Å²) in [5.41, 5.74) is 1.30. The van der Waals surface area contributed by atoms with Crippen LogP contribution < -0.4 is 14.8 Å². The van der Waals surface area contributed by atoms with Gasteiger partial charge in [-0.25, -0.2) is 0 Å². The van der Waals surface area contributed by atoms with E-state index in [4.69, 9.17) is 9.47 Å². The predicted molar refractivity (Wildman–Crippen MR) is 109 cm³/mol. The first-order chi connectivity index (χ1) is 13.6. The first kappa shape index (κ1) is 20.2. The molecule has 1 aliphatic heterocycles. The minimum absolute atomic E-state index is 0.0997. The molecule has 1 aromatic heterocycles. The zero-order valence-electron chi connectivity index (χ0n) is 16.1. The Morgan fingerprint density at radius 2 is 1.79 bits per heavy atom. The molecule has 150 valence electrons. The van der Waals surface area contributed by atoms with Crippen molar-refractivity contribution in [1.29, 1.82) is 0 Å². The van der Waals surface area contributed by atoms with E-state index >= 15 is 0 Å². The number of carbonyl (C=O) groups excluding carboxylic acids is 2. The molecule has 2 heterocycles. The molecule has 0 saturated carbocycles. The molecule has 8 heteroatoms. The van der Waals surface area contributed by atoms with Gasteiger partial charge in [0.25, 0.3) is 11.8 Å². The Kier molecular flexibility index (Phi) is 6.89. The molecule has 0 aliphatic carbocycles. The van der Waals surface area contributed by atoms with Crippen LogP contribution in [0.2, 0.25) is 0 Å². The molecule has 3 rings (SSSR count). The zero-order chi connectivity index (χ0) is 19.9. The van der Waals surface area contributed by atoms with Crippen molar-refractivity contribution in [2.75, 3.05) is 53.5 Å². The second kappa shape index (κ2) is 9.57. The third-order valence-corrected chi connectivity index (χ3v) is 5.47. The Labute approximate surface area is 168 Å². The van der Waals surface area contributed by atoms with E-state index in [0.717, 1.165) is 25.2 Å². The van der Waals surface area contributed by atoms with E-state index in [1.165, 1.54) is 11.3 Å². The number of nitrogens with zero attached hydrogens (tertiary/aromatic N) is 2. The van der Waals surface area contributed by atoms with Crippen molar-refractivity contribution in [3.05, 3.63) is 46.2 Å². The summed E-state index contributed by atoms with van der Waals surface area (Å²) in [5, 5.41) is 6.74. The smallest absolute Gasteiger partial charge is 0.254 e. The molecule has 2 amide bonds. The molecule has 1 fully saturated rings. The molecule has 1 N–H and O–H groups in total. The van der Waals surface area contributed by atoms with Crippen molar-refractivity contribution in [3.63, 3.8) is 0 Å². The third-order valence-electron chi connectivity index (χ3n) is 4.79. The van der Waals surface area contributed by atoms with Crippen LogP contribution in [0.4, 0.5) is 0 Å². The largest absolute Gasteiger partial charge is 0.493 e. The van der Waals surface area contributed by atoms with Crippen LogP contribution in [0.15, 0.2) is 35.0 Å². The normalized spacial score (nSPS) is 14.6. The van der Waals surface area contributed by atoms with Gasteiger partial charge < -0.3 is 19.7 Å². The lowest BCUT2D eigenvalue weighted by Gasteiger charge is -2.34. The summed E-state index contributed by atoms with van der Waals surface area (Å²) in [5.74, 6) is 1.07. The number of nitrogens with one attached hydrogen (secondary N) is 1. The van der Waals surface area contributed by atoms with Gasteiger partial charge in [-0.15, -0.1) is 0 Å². The Hall–Kier alpha value is -2.58. The van der Waals surface area contributed by atoms with Crippen molar-refractivity contribution in [2.24, 2.45) is 0 Å². The molecule has 1 aliphatic rings. The first-order valence-corrected chi connectivity index (χ1v) is 10.1. The number of benzene rings is 1. The van der Waals surface area contributed by atoms with Crippen molar-refractivity contribution in [3.8, 4) is 11.5 Å². The minimum atomic E-state index is -0.146. The Morgan fingerprint density at radius 3 is 2.43 bits per heavy atom. The van der Waals surface area contributed by atoms with Crippen LogP contribution in [-0.4, -0.2) is 75.1 Å². The molecule has 0 unspecified atom stereocenters. The molecule has 0 spiro atoms. The van der Waals surface area contributed by atoms with E-state index in [-0.39, 0.29) is 11.8 Å². The number of hydrogen-bond donors (Lipinski definition) is 1. The fourth-order valence-corrected chi connectivity index (χ4v) is 3.78. The van der Waals surface area contributed by atoms with Gasteiger partial charge >= 0.3 is 0 Å². The van der Waals surface area contributed by atoms with E-state index in [1.807, 2.05) is 21.7 Å². The molecule has 1 saturated heterocycles. The summed E-state index contributed by atoms with van der Waals surface area (Å²) in [6, 6.07) is 6.97. The maximum absolute atomic E-state index is 12.4. The standard InChI is InChI=1S/C20H25N3O4S/c1-26-17-4-3-15(13-18(17)27-2)19(24)21-6-7-22-8-10-23(11-9-22)20(25)16-5-12-28-14-16/h3-5,12-14H,6-11H2,1-2H3,(H,21,24). The fourth-order valence-electron chi connectivity index (χ4n) is 3.15. The second-order valence-corrected chi connectivity index (χ2v) is 7.25. The molecular formula is C20H25N3O4S. The lowest BCUT2D eigenvalue weighted by molar-refractivity contribution is 0.0638. The average Bonchev–Trinajstić information content (AvgIpc) is 3.28. The average molecular weight is 404 g/mol. The predicted octanol–water partition coefficient (Wildman–Crippen LogP) is 1.95. The van der Waals surface area contributed by atoms with Crippen LogP contribution >= 0.6 is 11.3 Å². The van der Waals surface area contributed by atoms with E-state index in [1.54, 1.807) is 32.4 Å². The number of ether oxygens (including phenoxy) is 2. The number of amides is 2. The Morgan fingerprint density at radius 1 is 1.04 bits per heavy atom. The number of hydrogen-bond acceptors (Lipinski definition) is 6. The van der Waals surface area contributed by atoms with Crippen LogP contribution in [0.3, 0.4) is 0 Å². The highest BCUT2D eigenvalue weighted by atomic mass is 32.1. The summed E-state index contributed by atoms with van der Waals surface area (Å²) in [6.45, 7) is 4.33. The monoisotopic (exact) mass is 403 g/mol. The first-order valence-electron chi connectivity index (χ1n) is 9.16. The third kappa shape index (κ3) is 4.82. The number of rotatable bonds is 7. The maximum Gasteiger partial charge on any atom is 0.254 e. The molecular weight excluding hydrogens is 378 g/mol. The molecule has 7 nitrogen and oxygen atoms in total. The summed E-state index contributed by atoms with van der Waals surface area (Å²) >= 11 is 1.54. The topological polar surface area (TPSA) is 71.1 Å². The van der Waals surface area contributed by atoms with Gasteiger partial charge in [0.15, 0.2) is 11.5 Å². The van der Waals surface area contributed by atoms with Crippen LogP contribution in [0.25, 0.3) is 0 Å². The van der Waals surface area contributed by atoms with Crippen molar-refractivity contribution in [1.82, 2.24) is 15.1 Å². The van der Waals surface area contributed by atoms with Gasteiger partial charge in [0.1, 0.15) is 0 Å². The van der Waals surface area contributed by atoms with Gasteiger partial charge in [-0.2, -0.15) is 11.3 Å². The molecule has 28 heavy (non-hydrogen) atoms. The van der Waals surface area contributed by atoms with Crippen LogP contribution in [0, 0.1) is 0 Å². The van der Waals surface area contributed by atoms with Crippen molar-refractivity contribution in [2.45, 2.75) is 0 Å². The minimum Gasteiger partial charge on any atom is -0.493 e. The number of piperazine rings is 1. The molecule has 1 aromatic carbocycles. The molecule has 2 aromatic rings. The fraction of sp³-hybridized carbons (Fsp3) is 0.400. The van der Waals surface area contributed by atoms with E-state index in [2.05, 4.69) is 10.2 Å². The maximum atomic E-state index is 12.4.